The van der Waals surface area contributed by atoms with Gasteiger partial charge in [0, 0.05) is 11.8 Å². The van der Waals surface area contributed by atoms with Crippen molar-refractivity contribution in [2.24, 2.45) is 11.8 Å². The number of fused-ring (bicyclic) bond motifs is 1. The Labute approximate surface area is 161 Å². The summed E-state index contributed by atoms with van der Waals surface area (Å²) < 4.78 is 16.7. The fraction of sp³-hybridized carbons (Fsp3) is 0.333. The zero-order valence-corrected chi connectivity index (χ0v) is 15.3. The number of carbonyl (C=O) groups excluding carboxylic acids is 2. The van der Waals surface area contributed by atoms with Crippen LogP contribution in [0.1, 0.15) is 5.76 Å². The molecule has 0 aliphatic carbocycles. The summed E-state index contributed by atoms with van der Waals surface area (Å²) in [6, 6.07) is 10.8. The van der Waals surface area contributed by atoms with E-state index < -0.39 is 17.4 Å². The molecule has 7 nitrogen and oxygen atoms in total. The number of methoxy groups -OCH3 is 1. The predicted molar refractivity (Wildman–Crippen MR) is 99.5 cm³/mol. The van der Waals surface area contributed by atoms with Crippen LogP contribution in [-0.2, 0) is 20.9 Å². The number of furan rings is 1. The molecule has 1 N–H and O–H groups in total. The Kier molecular flexibility index (Phi) is 3.80. The summed E-state index contributed by atoms with van der Waals surface area (Å²) in [5, 5.41) is 2.91. The van der Waals surface area contributed by atoms with Crippen molar-refractivity contribution in [3.8, 4) is 5.75 Å². The average Bonchev–Trinajstić information content (AvgIpc) is 3.45. The van der Waals surface area contributed by atoms with E-state index in [1.54, 1.807) is 48.6 Å². The van der Waals surface area contributed by atoms with Gasteiger partial charge in [0.05, 0.1) is 44.4 Å². The van der Waals surface area contributed by atoms with E-state index in [1.807, 2.05) is 18.2 Å². The Hall–Kier alpha value is -3.06. The lowest BCUT2D eigenvalue weighted by atomic mass is 9.77. The van der Waals surface area contributed by atoms with Gasteiger partial charge in [-0.2, -0.15) is 0 Å². The molecule has 3 aliphatic rings. The third kappa shape index (κ3) is 2.54. The number of nitrogens with one attached hydrogen (secondary N) is 1. The van der Waals surface area contributed by atoms with Crippen LogP contribution in [0.15, 0.2) is 59.2 Å². The van der Waals surface area contributed by atoms with Crippen molar-refractivity contribution >= 4 is 17.5 Å². The van der Waals surface area contributed by atoms with Crippen LogP contribution in [0, 0.1) is 11.8 Å². The van der Waals surface area contributed by atoms with E-state index in [-0.39, 0.29) is 17.9 Å². The second kappa shape index (κ2) is 6.24. The second-order valence-electron chi connectivity index (χ2n) is 7.39. The number of hydrogen-bond donors (Lipinski definition) is 1. The average molecular weight is 380 g/mol. The molecule has 144 valence electrons. The predicted octanol–water partition coefficient (Wildman–Crippen LogP) is 2.21. The highest BCUT2D eigenvalue weighted by atomic mass is 16.5. The van der Waals surface area contributed by atoms with Crippen molar-refractivity contribution in [3.63, 3.8) is 0 Å². The van der Waals surface area contributed by atoms with Crippen molar-refractivity contribution < 1.29 is 23.5 Å². The van der Waals surface area contributed by atoms with E-state index in [4.69, 9.17) is 13.9 Å². The molecule has 28 heavy (non-hydrogen) atoms. The third-order valence-electron chi connectivity index (χ3n) is 5.75. The maximum atomic E-state index is 13.1. The van der Waals surface area contributed by atoms with Crippen molar-refractivity contribution in [2.45, 2.75) is 18.2 Å². The topological polar surface area (TPSA) is 81.0 Å². The minimum absolute atomic E-state index is 0.0750. The minimum atomic E-state index is -0.731. The van der Waals surface area contributed by atoms with Crippen molar-refractivity contribution in [3.05, 3.63) is 60.6 Å². The maximum Gasteiger partial charge on any atom is 0.231 e. The molecule has 7 heteroatoms. The number of nitrogens with zero attached hydrogens (tertiary/aromatic N) is 1. The number of anilines is 1. The second-order valence-corrected chi connectivity index (χ2v) is 7.39. The van der Waals surface area contributed by atoms with Crippen LogP contribution in [0.4, 0.5) is 5.69 Å². The van der Waals surface area contributed by atoms with Crippen LogP contribution >= 0.6 is 0 Å². The summed E-state index contributed by atoms with van der Waals surface area (Å²) in [5.41, 5.74) is -0.104. The zero-order valence-electron chi connectivity index (χ0n) is 15.3. The molecule has 2 aromatic rings. The monoisotopic (exact) mass is 380 g/mol. The van der Waals surface area contributed by atoms with E-state index in [2.05, 4.69) is 5.32 Å². The zero-order chi connectivity index (χ0) is 19.3. The molecule has 1 spiro atoms. The number of amides is 2. The maximum absolute atomic E-state index is 13.1. The lowest BCUT2D eigenvalue weighted by Gasteiger charge is -2.23. The van der Waals surface area contributed by atoms with Gasteiger partial charge in [0.25, 0.3) is 0 Å². The summed E-state index contributed by atoms with van der Waals surface area (Å²) in [4.78, 5) is 27.9. The van der Waals surface area contributed by atoms with Gasteiger partial charge in [0.1, 0.15) is 17.1 Å². The molecule has 2 saturated heterocycles. The molecule has 5 rings (SSSR count). The first kappa shape index (κ1) is 17.1. The van der Waals surface area contributed by atoms with Gasteiger partial charge in [-0.1, -0.05) is 18.2 Å². The van der Waals surface area contributed by atoms with E-state index >= 15 is 0 Å². The smallest absolute Gasteiger partial charge is 0.231 e. The van der Waals surface area contributed by atoms with Gasteiger partial charge in [-0.15, -0.1) is 0 Å². The van der Waals surface area contributed by atoms with Crippen LogP contribution in [0.2, 0.25) is 0 Å². The van der Waals surface area contributed by atoms with E-state index in [0.717, 1.165) is 0 Å². The Bertz CT molecular complexity index is 953. The van der Waals surface area contributed by atoms with E-state index in [0.29, 0.717) is 30.3 Å². The summed E-state index contributed by atoms with van der Waals surface area (Å²) in [6.45, 7) is 0.795. The number of likely N-dealkylation sites (tertiary alicyclic amines) is 1. The highest BCUT2D eigenvalue weighted by Crippen LogP contribution is 2.52. The Balaban J connectivity index is 1.38. The SMILES string of the molecule is COc1cccc(NC(=O)C2C3C(=O)N(Cc4ccco4)C[C@]34C=C[C@H]2O4)c1. The molecule has 3 aliphatic heterocycles. The number of ether oxygens (including phenoxy) is 2. The summed E-state index contributed by atoms with van der Waals surface area (Å²) in [7, 11) is 1.57. The molecule has 1 aromatic heterocycles. The lowest BCUT2D eigenvalue weighted by Crippen LogP contribution is -2.41. The molecule has 0 saturated carbocycles. The molecule has 1 aromatic carbocycles. The largest absolute Gasteiger partial charge is 0.497 e. The number of rotatable bonds is 5. The molecular weight excluding hydrogens is 360 g/mol. The fourth-order valence-electron chi connectivity index (χ4n) is 4.53. The van der Waals surface area contributed by atoms with Crippen molar-refractivity contribution in [1.29, 1.82) is 0 Å². The van der Waals surface area contributed by atoms with Gasteiger partial charge in [-0.25, -0.2) is 0 Å². The number of carbonyl (C=O) groups is 2. The molecular formula is C21H20N2O5. The first-order chi connectivity index (χ1) is 13.6. The molecule has 2 amide bonds. The van der Waals surface area contributed by atoms with Crippen LogP contribution < -0.4 is 10.1 Å². The quantitative estimate of drug-likeness (QED) is 0.805. The summed E-state index contributed by atoms with van der Waals surface area (Å²) in [6.07, 6.45) is 5.04. The van der Waals surface area contributed by atoms with E-state index in [1.165, 1.54) is 0 Å². The van der Waals surface area contributed by atoms with Crippen LogP contribution in [0.3, 0.4) is 0 Å². The summed E-state index contributed by atoms with van der Waals surface area (Å²) >= 11 is 0. The fourth-order valence-corrected chi connectivity index (χ4v) is 4.53. The molecule has 2 fully saturated rings. The first-order valence-corrected chi connectivity index (χ1v) is 9.23. The van der Waals surface area contributed by atoms with Gasteiger partial charge in [-0.3, -0.25) is 9.59 Å². The Morgan fingerprint density at radius 2 is 2.25 bits per heavy atom. The molecule has 2 unspecified atom stereocenters. The summed E-state index contributed by atoms with van der Waals surface area (Å²) in [5.74, 6) is -0.0225. The van der Waals surface area contributed by atoms with Gasteiger partial charge in [0.2, 0.25) is 11.8 Å². The highest BCUT2D eigenvalue weighted by molar-refractivity contribution is 5.99. The first-order valence-electron chi connectivity index (χ1n) is 9.23. The number of hydrogen-bond acceptors (Lipinski definition) is 5. The Morgan fingerprint density at radius 1 is 1.36 bits per heavy atom. The van der Waals surface area contributed by atoms with Crippen molar-refractivity contribution in [2.75, 3.05) is 19.0 Å². The molecule has 0 radical (unpaired) electrons. The Morgan fingerprint density at radius 3 is 3.04 bits per heavy atom. The highest BCUT2D eigenvalue weighted by Gasteiger charge is 2.66. The normalized spacial score (nSPS) is 30.0. The van der Waals surface area contributed by atoms with Crippen LogP contribution in [-0.4, -0.2) is 42.1 Å². The van der Waals surface area contributed by atoms with Gasteiger partial charge >= 0.3 is 0 Å². The number of benzene rings is 1. The molecule has 4 atom stereocenters. The minimum Gasteiger partial charge on any atom is -0.497 e. The van der Waals surface area contributed by atoms with Gasteiger partial charge in [0.15, 0.2) is 0 Å². The van der Waals surface area contributed by atoms with Gasteiger partial charge in [-0.05, 0) is 24.3 Å². The van der Waals surface area contributed by atoms with Crippen molar-refractivity contribution in [1.82, 2.24) is 4.90 Å². The lowest BCUT2D eigenvalue weighted by molar-refractivity contribution is -0.136. The van der Waals surface area contributed by atoms with E-state index in [9.17, 15) is 9.59 Å². The third-order valence-corrected chi connectivity index (χ3v) is 5.75. The molecule has 2 bridgehead atoms. The molecule has 4 heterocycles. The standard InChI is InChI=1S/C21H20N2O5/c1-26-14-5-2-4-13(10-14)22-19(24)17-16-7-8-21(28-16)12-23(20(25)18(17)21)11-15-6-3-9-27-15/h2-10,16-18H,11-12H2,1H3,(H,22,24)/t16-,17?,18?,21-/m1/s1. The van der Waals surface area contributed by atoms with Crippen LogP contribution in [0.25, 0.3) is 0 Å². The van der Waals surface area contributed by atoms with Gasteiger partial charge < -0.3 is 24.1 Å². The van der Waals surface area contributed by atoms with Crippen LogP contribution in [0.5, 0.6) is 5.75 Å².